The fourth-order valence-corrected chi connectivity index (χ4v) is 8.07. The quantitative estimate of drug-likeness (QED) is 0.105. The van der Waals surface area contributed by atoms with Gasteiger partial charge in [-0.25, -0.2) is 14.2 Å². The molecule has 5 N–H and O–H groups in total. The number of aromatic nitrogens is 1. The van der Waals surface area contributed by atoms with Crippen LogP contribution in [0.3, 0.4) is 0 Å². The topological polar surface area (TPSA) is 189 Å². The molecule has 0 unspecified atom stereocenters. The first-order valence-electron chi connectivity index (χ1n) is 18.0. The summed E-state index contributed by atoms with van der Waals surface area (Å²) in [6, 6.07) is 10.3. The molecule has 5 rings (SSSR count). The largest absolute Gasteiger partial charge is 0.494 e. The van der Waals surface area contributed by atoms with Crippen molar-refractivity contribution < 1.29 is 48.0 Å². The van der Waals surface area contributed by atoms with Gasteiger partial charge in [0, 0.05) is 36.9 Å². The number of aliphatic hydroxyl groups excluding tert-OH is 1. The summed E-state index contributed by atoms with van der Waals surface area (Å²) in [7, 11) is 1.42. The minimum Gasteiger partial charge on any atom is -0.494 e. The number of hydrogen-bond donors (Lipinski definition) is 5. The van der Waals surface area contributed by atoms with E-state index in [-0.39, 0.29) is 45.6 Å². The molecule has 1 aromatic heterocycles. The van der Waals surface area contributed by atoms with Crippen molar-refractivity contribution in [3.63, 3.8) is 0 Å². The van der Waals surface area contributed by atoms with E-state index < -0.39 is 52.4 Å². The van der Waals surface area contributed by atoms with Crippen LogP contribution in [-0.2, 0) is 25.7 Å². The van der Waals surface area contributed by atoms with E-state index in [1.165, 1.54) is 29.8 Å². The first-order valence-corrected chi connectivity index (χ1v) is 19.9. The van der Waals surface area contributed by atoms with Crippen molar-refractivity contribution >= 4 is 52.6 Å². The number of ether oxygens (including phenoxy) is 3. The van der Waals surface area contributed by atoms with Crippen LogP contribution < -0.4 is 25.4 Å². The van der Waals surface area contributed by atoms with E-state index >= 15 is 0 Å². The highest BCUT2D eigenvalue weighted by molar-refractivity contribution is 8.00. The molecule has 1 aliphatic heterocycles. The summed E-state index contributed by atoms with van der Waals surface area (Å²) >= 11 is 2.97. The first kappa shape index (κ1) is 41.7. The van der Waals surface area contributed by atoms with E-state index in [2.05, 4.69) is 20.9 Å². The molecule has 55 heavy (non-hydrogen) atoms. The number of rotatable bonds is 19. The minimum atomic E-state index is -2.02. The minimum absolute atomic E-state index is 0.0320. The van der Waals surface area contributed by atoms with Gasteiger partial charge in [-0.2, -0.15) is 11.8 Å². The molecule has 1 saturated carbocycles. The number of benzene rings is 2. The molecule has 298 valence electrons. The molecule has 0 bridgehead atoms. The number of carbonyl (C=O) groups is 4. The van der Waals surface area contributed by atoms with Gasteiger partial charge in [0.2, 0.25) is 11.8 Å². The smallest absolute Gasteiger partial charge is 0.409 e. The Hall–Kier alpha value is -4.45. The lowest BCUT2D eigenvalue weighted by atomic mass is 10.00. The summed E-state index contributed by atoms with van der Waals surface area (Å²) in [5.41, 5.74) is 2.89. The molecule has 14 nitrogen and oxygen atoms in total. The van der Waals surface area contributed by atoms with E-state index in [1.807, 2.05) is 31.2 Å². The van der Waals surface area contributed by atoms with Crippen LogP contribution in [0.5, 0.6) is 11.5 Å². The second kappa shape index (κ2) is 18.5. The Morgan fingerprint density at radius 1 is 1.13 bits per heavy atom. The Morgan fingerprint density at radius 2 is 1.87 bits per heavy atom. The van der Waals surface area contributed by atoms with Gasteiger partial charge in [0.15, 0.2) is 5.67 Å². The lowest BCUT2D eigenvalue weighted by molar-refractivity contribution is -0.143. The molecule has 4 amide bonds. The summed E-state index contributed by atoms with van der Waals surface area (Å²) < 4.78 is 30.6. The summed E-state index contributed by atoms with van der Waals surface area (Å²) in [6.07, 6.45) is -1.37. The number of anilines is 1. The van der Waals surface area contributed by atoms with Crippen LogP contribution >= 0.6 is 23.1 Å². The number of methoxy groups -OCH3 is 1. The van der Waals surface area contributed by atoms with E-state index in [0.717, 1.165) is 21.7 Å². The molecule has 0 radical (unpaired) electrons. The zero-order valence-electron chi connectivity index (χ0n) is 31.3. The molecule has 1 aliphatic carbocycles. The van der Waals surface area contributed by atoms with Gasteiger partial charge in [0.05, 0.1) is 41.6 Å². The fraction of sp³-hybridized carbons (Fsp3) is 0.500. The molecule has 1 saturated heterocycles. The molecule has 2 aromatic carbocycles. The van der Waals surface area contributed by atoms with Crippen molar-refractivity contribution in [2.24, 2.45) is 0 Å². The van der Waals surface area contributed by atoms with Crippen LogP contribution in [0.2, 0.25) is 0 Å². The zero-order valence-corrected chi connectivity index (χ0v) is 32.9. The Bertz CT molecular complexity index is 1820. The molecular weight excluding hydrogens is 754 g/mol. The number of halogens is 1. The third-order valence-corrected chi connectivity index (χ3v) is 11.9. The number of hydrogen-bond acceptors (Lipinski definition) is 11. The second-order valence-electron chi connectivity index (χ2n) is 14.0. The third kappa shape index (κ3) is 11.1. The number of likely N-dealkylation sites (tertiary alicyclic amines) is 1. The standard InChI is InChI=1S/C38H48FN5O9S2/c1-23-31(54-22-41-23)25-8-6-24(7-9-25)20-40-33(46)29-18-26(45)21-44(29)34(47)32(43-35(48)38(39)12-13-38)37(2,3)55-17-5-14-52-15-16-53-27-10-11-28(42-36(49)50)30(19-27)51-4/h6-11,19,22,26,29,32,42,45H,5,12-18,20-21H2,1-4H3,(H,40,46)(H,43,48)(H,49,50)/t26-,29+,32+/m1/s1. The van der Waals surface area contributed by atoms with Crippen molar-refractivity contribution in [2.75, 3.05) is 44.5 Å². The summed E-state index contributed by atoms with van der Waals surface area (Å²) in [6.45, 7) is 6.53. The molecule has 2 aliphatic rings. The van der Waals surface area contributed by atoms with E-state index in [9.17, 15) is 28.7 Å². The monoisotopic (exact) mass is 801 g/mol. The van der Waals surface area contributed by atoms with Crippen molar-refractivity contribution in [2.45, 2.75) is 81.6 Å². The van der Waals surface area contributed by atoms with Crippen molar-refractivity contribution in [3.8, 4) is 21.9 Å². The number of carboxylic acid groups (broad SMARTS) is 1. The number of nitrogens with zero attached hydrogens (tertiary/aromatic N) is 2. The van der Waals surface area contributed by atoms with E-state index in [4.69, 9.17) is 19.3 Å². The van der Waals surface area contributed by atoms with Crippen LogP contribution in [0.4, 0.5) is 14.9 Å². The number of thioether (sulfide) groups is 1. The van der Waals surface area contributed by atoms with Gasteiger partial charge >= 0.3 is 6.09 Å². The first-order chi connectivity index (χ1) is 26.2. The SMILES string of the molecule is COc1cc(OCCOCCCSC(C)(C)[C@@H](NC(=O)C2(F)CC2)C(=O)N2C[C@H](O)C[C@H]2C(=O)NCc2ccc(-c3scnc3C)cc2)ccc1NC(=O)O. The van der Waals surface area contributed by atoms with Crippen molar-refractivity contribution in [1.82, 2.24) is 20.5 Å². The number of β-amino-alcohol motifs (C(OH)–C–C–N with tert-alkyl or cyclic N) is 1. The lowest BCUT2D eigenvalue weighted by Gasteiger charge is -2.37. The Labute approximate surface area is 327 Å². The molecule has 17 heteroatoms. The van der Waals surface area contributed by atoms with Gasteiger partial charge in [-0.05, 0) is 69.0 Å². The predicted molar refractivity (Wildman–Crippen MR) is 207 cm³/mol. The van der Waals surface area contributed by atoms with Crippen LogP contribution in [0.25, 0.3) is 10.4 Å². The van der Waals surface area contributed by atoms with Crippen molar-refractivity contribution in [3.05, 3.63) is 59.2 Å². The number of nitrogens with one attached hydrogen (secondary N) is 3. The van der Waals surface area contributed by atoms with Gasteiger partial charge in [0.1, 0.15) is 30.2 Å². The van der Waals surface area contributed by atoms with Gasteiger partial charge in [0.25, 0.3) is 5.91 Å². The highest BCUT2D eigenvalue weighted by Crippen LogP contribution is 2.41. The van der Waals surface area contributed by atoms with Gasteiger partial charge in [-0.1, -0.05) is 24.3 Å². The van der Waals surface area contributed by atoms with Crippen LogP contribution in [0.15, 0.2) is 48.0 Å². The van der Waals surface area contributed by atoms with Gasteiger partial charge < -0.3 is 40.0 Å². The second-order valence-corrected chi connectivity index (χ2v) is 16.6. The Balaban J connectivity index is 1.13. The van der Waals surface area contributed by atoms with Crippen LogP contribution in [-0.4, -0.2) is 112 Å². The molecule has 3 aromatic rings. The summed E-state index contributed by atoms with van der Waals surface area (Å²) in [5.74, 6) is -0.520. The summed E-state index contributed by atoms with van der Waals surface area (Å²) in [5, 5.41) is 27.4. The molecule has 0 spiro atoms. The fourth-order valence-electron chi connectivity index (χ4n) is 6.14. The normalized spacial score (nSPS) is 18.0. The average Bonchev–Trinajstić information content (AvgIpc) is 3.56. The maximum atomic E-state index is 14.9. The zero-order chi connectivity index (χ0) is 39.8. The maximum Gasteiger partial charge on any atom is 0.409 e. The number of alkyl halides is 1. The Morgan fingerprint density at radius 3 is 2.53 bits per heavy atom. The van der Waals surface area contributed by atoms with Gasteiger partial charge in [-0.3, -0.25) is 19.7 Å². The highest BCUT2D eigenvalue weighted by Gasteiger charge is 2.54. The molecule has 3 atom stereocenters. The average molecular weight is 802 g/mol. The van der Waals surface area contributed by atoms with E-state index in [0.29, 0.717) is 36.0 Å². The Kier molecular flexibility index (Phi) is 14.0. The molecule has 2 fully saturated rings. The highest BCUT2D eigenvalue weighted by atomic mass is 32.2. The van der Waals surface area contributed by atoms with Crippen molar-refractivity contribution in [1.29, 1.82) is 0 Å². The number of amides is 4. The predicted octanol–water partition coefficient (Wildman–Crippen LogP) is 4.78. The number of carbonyl (C=O) groups excluding carboxylic acids is 3. The van der Waals surface area contributed by atoms with Crippen LogP contribution in [0.1, 0.15) is 50.8 Å². The van der Waals surface area contributed by atoms with E-state index in [1.54, 1.807) is 42.8 Å². The number of aliphatic hydroxyl groups is 1. The number of aryl methyl sites for hydroxylation is 1. The van der Waals surface area contributed by atoms with Crippen LogP contribution in [0, 0.1) is 6.92 Å². The number of thiazole rings is 1. The van der Waals surface area contributed by atoms with Gasteiger partial charge in [-0.15, -0.1) is 11.3 Å². The maximum absolute atomic E-state index is 14.9. The summed E-state index contributed by atoms with van der Waals surface area (Å²) in [4.78, 5) is 58.3. The third-order valence-electron chi connectivity index (χ3n) is 9.42. The molecule has 2 heterocycles. The molecular formula is C38H48FN5O9S2. The lowest BCUT2D eigenvalue weighted by Crippen LogP contribution is -2.61.